The first kappa shape index (κ1) is 10.3. The molecular weight excluding hydrogens is 152 g/mol. The van der Waals surface area contributed by atoms with Crippen molar-refractivity contribution in [2.24, 2.45) is 0 Å². The SMILES string of the molecule is Cc1cccc(N)c1C.[N-]=[N+]=[N-]. The van der Waals surface area contributed by atoms with Crippen molar-refractivity contribution in [2.75, 3.05) is 5.73 Å². The van der Waals surface area contributed by atoms with E-state index in [0.29, 0.717) is 0 Å². The van der Waals surface area contributed by atoms with Crippen LogP contribution >= 0.6 is 0 Å². The number of nitrogens with zero attached hydrogens (tertiary/aromatic N) is 3. The number of hydrogen-bond donors (Lipinski definition) is 1. The monoisotopic (exact) mass is 163 g/mol. The first-order chi connectivity index (χ1) is 5.63. The molecule has 0 radical (unpaired) electrons. The van der Waals surface area contributed by atoms with Gasteiger partial charge in [0, 0.05) is 5.69 Å². The normalized spacial score (nSPS) is 7.83. The second-order valence-corrected chi connectivity index (χ2v) is 2.38. The topological polar surface area (TPSA) is 84.7 Å². The molecule has 0 aliphatic heterocycles. The highest BCUT2D eigenvalue weighted by Crippen LogP contribution is 2.13. The number of nitrogen functional groups attached to an aromatic ring is 1. The summed E-state index contributed by atoms with van der Waals surface area (Å²) in [4.78, 5) is 1.50. The Morgan fingerprint density at radius 2 is 1.75 bits per heavy atom. The van der Waals surface area contributed by atoms with Crippen molar-refractivity contribution >= 4 is 5.69 Å². The third kappa shape index (κ3) is 2.94. The van der Waals surface area contributed by atoms with Crippen molar-refractivity contribution in [2.45, 2.75) is 13.8 Å². The lowest BCUT2D eigenvalue weighted by atomic mass is 10.1. The molecule has 64 valence electrons. The van der Waals surface area contributed by atoms with Gasteiger partial charge in [0.15, 0.2) is 0 Å². The van der Waals surface area contributed by atoms with E-state index in [1.165, 1.54) is 16.0 Å². The number of nitrogens with two attached hydrogens (primary N) is 1. The van der Waals surface area contributed by atoms with E-state index in [1.54, 1.807) is 0 Å². The molecular formula is C8H11N4-. The fraction of sp³-hybridized carbons (Fsp3) is 0.250. The van der Waals surface area contributed by atoms with E-state index in [2.05, 4.69) is 13.0 Å². The molecule has 0 aliphatic rings. The number of anilines is 1. The highest BCUT2D eigenvalue weighted by molar-refractivity contribution is 5.49. The molecule has 0 spiro atoms. The van der Waals surface area contributed by atoms with E-state index in [-0.39, 0.29) is 0 Å². The minimum atomic E-state index is 0.884. The van der Waals surface area contributed by atoms with Crippen LogP contribution in [-0.2, 0) is 0 Å². The van der Waals surface area contributed by atoms with Crippen LogP contribution in [0.4, 0.5) is 5.69 Å². The van der Waals surface area contributed by atoms with Gasteiger partial charge in [0.1, 0.15) is 0 Å². The van der Waals surface area contributed by atoms with Crippen molar-refractivity contribution in [3.05, 3.63) is 45.3 Å². The molecule has 2 N–H and O–H groups in total. The van der Waals surface area contributed by atoms with Crippen molar-refractivity contribution in [3.63, 3.8) is 0 Å². The second-order valence-electron chi connectivity index (χ2n) is 2.38. The molecule has 0 heterocycles. The van der Waals surface area contributed by atoms with Gasteiger partial charge >= 0.3 is 0 Å². The molecule has 1 aromatic rings. The molecule has 0 amide bonds. The predicted molar refractivity (Wildman–Crippen MR) is 50.4 cm³/mol. The standard InChI is InChI=1S/C8H11N.N3/c1-6-4-3-5-8(9)7(6)2;1-3-2/h3-5H,9H2,1-2H3;/q;-1. The molecule has 4 heteroatoms. The van der Waals surface area contributed by atoms with Crippen molar-refractivity contribution in [1.29, 1.82) is 0 Å². The van der Waals surface area contributed by atoms with E-state index < -0.39 is 0 Å². The van der Waals surface area contributed by atoms with Crippen molar-refractivity contribution in [3.8, 4) is 0 Å². The Morgan fingerprint density at radius 1 is 1.25 bits per heavy atom. The van der Waals surface area contributed by atoms with Gasteiger partial charge in [-0.15, -0.1) is 0 Å². The summed E-state index contributed by atoms with van der Waals surface area (Å²) in [5.41, 5.74) is 22.5. The minimum Gasteiger partial charge on any atom is -0.399 e. The Balaban J connectivity index is 0.000000354. The van der Waals surface area contributed by atoms with E-state index in [4.69, 9.17) is 16.8 Å². The molecule has 0 aliphatic carbocycles. The molecule has 1 rings (SSSR count). The predicted octanol–water partition coefficient (Wildman–Crippen LogP) is 2.75. The Morgan fingerprint density at radius 3 is 2.08 bits per heavy atom. The lowest BCUT2D eigenvalue weighted by molar-refractivity contribution is 1.35. The molecule has 4 nitrogen and oxygen atoms in total. The third-order valence-corrected chi connectivity index (χ3v) is 1.65. The molecule has 0 bridgehead atoms. The van der Waals surface area contributed by atoms with Crippen LogP contribution < -0.4 is 5.73 Å². The van der Waals surface area contributed by atoms with Gasteiger partial charge in [0.2, 0.25) is 0 Å². The maximum atomic E-state index is 6.75. The smallest absolute Gasteiger partial charge is 0.0346 e. The molecule has 0 saturated heterocycles. The fourth-order valence-electron chi connectivity index (χ4n) is 0.774. The van der Waals surface area contributed by atoms with Gasteiger partial charge in [-0.05, 0) is 31.0 Å². The van der Waals surface area contributed by atoms with Crippen LogP contribution in [0, 0.1) is 13.8 Å². The Bertz CT molecular complexity index is 267. The van der Waals surface area contributed by atoms with Crippen LogP contribution in [0.3, 0.4) is 0 Å². The number of aryl methyl sites for hydroxylation is 1. The Labute approximate surface area is 71.4 Å². The maximum Gasteiger partial charge on any atom is 0.0346 e. The van der Waals surface area contributed by atoms with Gasteiger partial charge in [0.05, 0.1) is 0 Å². The maximum absolute atomic E-state index is 6.75. The zero-order valence-electron chi connectivity index (χ0n) is 7.15. The molecule has 0 saturated carbocycles. The molecule has 1 aromatic carbocycles. The third-order valence-electron chi connectivity index (χ3n) is 1.65. The highest BCUT2D eigenvalue weighted by atomic mass is 15.0. The summed E-state index contributed by atoms with van der Waals surface area (Å²) >= 11 is 0. The number of rotatable bonds is 0. The summed E-state index contributed by atoms with van der Waals surface area (Å²) in [5.74, 6) is 0. The fourth-order valence-corrected chi connectivity index (χ4v) is 0.774. The number of benzene rings is 1. The number of hydrogen-bond acceptors (Lipinski definition) is 1. The van der Waals surface area contributed by atoms with E-state index in [9.17, 15) is 0 Å². The largest absolute Gasteiger partial charge is 0.399 e. The van der Waals surface area contributed by atoms with Crippen molar-refractivity contribution < 1.29 is 0 Å². The summed E-state index contributed by atoms with van der Waals surface area (Å²) in [6, 6.07) is 5.95. The van der Waals surface area contributed by atoms with E-state index in [1.807, 2.05) is 19.1 Å². The molecule has 12 heavy (non-hydrogen) atoms. The van der Waals surface area contributed by atoms with Gasteiger partial charge in [-0.25, -0.2) is 0 Å². The Hall–Kier alpha value is -1.67. The van der Waals surface area contributed by atoms with E-state index >= 15 is 0 Å². The average Bonchev–Trinajstić information content (AvgIpc) is 2.02. The van der Waals surface area contributed by atoms with Gasteiger partial charge < -0.3 is 16.8 Å². The quantitative estimate of drug-likeness (QED) is 0.271. The summed E-state index contributed by atoms with van der Waals surface area (Å²) in [6.45, 7) is 4.09. The van der Waals surface area contributed by atoms with Crippen LogP contribution in [0.1, 0.15) is 11.1 Å². The van der Waals surface area contributed by atoms with Crippen molar-refractivity contribution in [1.82, 2.24) is 0 Å². The highest BCUT2D eigenvalue weighted by Gasteiger charge is 1.92. The summed E-state index contributed by atoms with van der Waals surface area (Å²) < 4.78 is 0. The zero-order valence-corrected chi connectivity index (χ0v) is 7.15. The van der Waals surface area contributed by atoms with Crippen LogP contribution in [0.15, 0.2) is 18.2 Å². The molecule has 0 unspecified atom stereocenters. The first-order valence-corrected chi connectivity index (χ1v) is 3.43. The average molecular weight is 163 g/mol. The minimum absolute atomic E-state index is 0.884. The van der Waals surface area contributed by atoms with Gasteiger partial charge in [-0.1, -0.05) is 12.1 Å². The van der Waals surface area contributed by atoms with Gasteiger partial charge in [0.25, 0.3) is 0 Å². The second kappa shape index (κ2) is 5.04. The Kier molecular flexibility index (Phi) is 4.34. The lowest BCUT2D eigenvalue weighted by Gasteiger charge is -2.00. The molecule has 0 atom stereocenters. The van der Waals surface area contributed by atoms with Crippen LogP contribution in [-0.4, -0.2) is 0 Å². The van der Waals surface area contributed by atoms with Crippen LogP contribution in [0.25, 0.3) is 16.0 Å². The first-order valence-electron chi connectivity index (χ1n) is 3.43. The van der Waals surface area contributed by atoms with Gasteiger partial charge in [-0.3, -0.25) is 4.91 Å². The molecule has 0 fully saturated rings. The van der Waals surface area contributed by atoms with E-state index in [0.717, 1.165) is 5.69 Å². The summed E-state index contributed by atoms with van der Waals surface area (Å²) in [5, 5.41) is 0. The lowest BCUT2D eigenvalue weighted by Crippen LogP contribution is -1.90. The van der Waals surface area contributed by atoms with Crippen LogP contribution in [0.2, 0.25) is 0 Å². The van der Waals surface area contributed by atoms with Gasteiger partial charge in [-0.2, -0.15) is 0 Å². The van der Waals surface area contributed by atoms with Crippen LogP contribution in [0.5, 0.6) is 0 Å². The molecule has 0 aromatic heterocycles. The summed E-state index contributed by atoms with van der Waals surface area (Å²) in [6.07, 6.45) is 0. The summed E-state index contributed by atoms with van der Waals surface area (Å²) in [7, 11) is 0. The zero-order chi connectivity index (χ0) is 9.56.